The average molecular weight is 259 g/mol. The molecule has 2 aromatic rings. The maximum Gasteiger partial charge on any atom is 0.133 e. The third-order valence-electron chi connectivity index (χ3n) is 3.30. The third-order valence-corrected chi connectivity index (χ3v) is 3.30. The molecular formula is C15H21N3O. The number of rotatable bonds is 6. The number of hydrogen-bond donors (Lipinski definition) is 2. The zero-order valence-electron chi connectivity index (χ0n) is 11.5. The van der Waals surface area contributed by atoms with Crippen LogP contribution in [0.15, 0.2) is 30.5 Å². The van der Waals surface area contributed by atoms with Crippen molar-refractivity contribution in [2.24, 2.45) is 5.73 Å². The molecule has 1 unspecified atom stereocenters. The lowest BCUT2D eigenvalue weighted by Gasteiger charge is -2.12. The Balaban J connectivity index is 2.14. The van der Waals surface area contributed by atoms with Gasteiger partial charge in [0.2, 0.25) is 0 Å². The molecule has 0 radical (unpaired) electrons. The molecule has 4 nitrogen and oxygen atoms in total. The fourth-order valence-electron chi connectivity index (χ4n) is 2.00. The van der Waals surface area contributed by atoms with Crippen molar-refractivity contribution in [3.63, 3.8) is 0 Å². The van der Waals surface area contributed by atoms with Crippen LogP contribution in [0.5, 0.6) is 5.75 Å². The molecule has 102 valence electrons. The summed E-state index contributed by atoms with van der Waals surface area (Å²) in [6.45, 7) is 2.94. The van der Waals surface area contributed by atoms with E-state index in [0.29, 0.717) is 0 Å². The van der Waals surface area contributed by atoms with Crippen LogP contribution < -0.4 is 15.8 Å². The van der Waals surface area contributed by atoms with E-state index >= 15 is 0 Å². The summed E-state index contributed by atoms with van der Waals surface area (Å²) in [4.78, 5) is 4.39. The third kappa shape index (κ3) is 3.35. The second-order valence-electron chi connectivity index (χ2n) is 4.63. The first-order chi connectivity index (χ1) is 9.24. The highest BCUT2D eigenvalue weighted by Crippen LogP contribution is 2.25. The molecule has 0 aliphatic rings. The minimum absolute atomic E-state index is 0.252. The Morgan fingerprint density at radius 2 is 2.21 bits per heavy atom. The number of aromatic nitrogens is 1. The number of ether oxygens (including phenoxy) is 1. The van der Waals surface area contributed by atoms with E-state index in [1.165, 1.54) is 0 Å². The molecule has 4 heteroatoms. The van der Waals surface area contributed by atoms with Gasteiger partial charge in [0.15, 0.2) is 0 Å². The molecule has 2 rings (SSSR count). The van der Waals surface area contributed by atoms with Crippen molar-refractivity contribution < 1.29 is 4.74 Å². The van der Waals surface area contributed by atoms with Gasteiger partial charge in [0.05, 0.1) is 7.11 Å². The van der Waals surface area contributed by atoms with Crippen LogP contribution in [0.4, 0.5) is 5.82 Å². The molecule has 19 heavy (non-hydrogen) atoms. The van der Waals surface area contributed by atoms with E-state index in [9.17, 15) is 0 Å². The normalized spacial score (nSPS) is 12.4. The van der Waals surface area contributed by atoms with Crippen molar-refractivity contribution in [2.75, 3.05) is 19.0 Å². The van der Waals surface area contributed by atoms with E-state index in [0.717, 1.165) is 41.7 Å². The fraction of sp³-hybridized carbons (Fsp3) is 0.400. The van der Waals surface area contributed by atoms with Crippen LogP contribution in [0.2, 0.25) is 0 Å². The number of fused-ring (bicyclic) bond motifs is 1. The van der Waals surface area contributed by atoms with Gasteiger partial charge in [-0.2, -0.15) is 0 Å². The minimum Gasteiger partial charge on any atom is -0.497 e. The van der Waals surface area contributed by atoms with Crippen molar-refractivity contribution in [1.29, 1.82) is 0 Å². The quantitative estimate of drug-likeness (QED) is 0.837. The van der Waals surface area contributed by atoms with Crippen molar-refractivity contribution in [2.45, 2.75) is 25.8 Å². The lowest BCUT2D eigenvalue weighted by molar-refractivity contribution is 0.415. The van der Waals surface area contributed by atoms with Crippen LogP contribution in [-0.2, 0) is 0 Å². The zero-order chi connectivity index (χ0) is 13.7. The van der Waals surface area contributed by atoms with Crippen LogP contribution in [0.25, 0.3) is 10.8 Å². The smallest absolute Gasteiger partial charge is 0.133 e. The molecule has 1 heterocycles. The minimum atomic E-state index is 0.252. The molecule has 1 aromatic heterocycles. The molecule has 0 aliphatic heterocycles. The van der Waals surface area contributed by atoms with Crippen molar-refractivity contribution in [1.82, 2.24) is 4.98 Å². The van der Waals surface area contributed by atoms with Gasteiger partial charge in [-0.1, -0.05) is 6.92 Å². The maximum absolute atomic E-state index is 5.91. The Morgan fingerprint density at radius 3 is 2.95 bits per heavy atom. The van der Waals surface area contributed by atoms with Gasteiger partial charge in [-0.25, -0.2) is 4.98 Å². The molecule has 0 bridgehead atoms. The van der Waals surface area contributed by atoms with Gasteiger partial charge in [0.25, 0.3) is 0 Å². The van der Waals surface area contributed by atoms with Gasteiger partial charge >= 0.3 is 0 Å². The van der Waals surface area contributed by atoms with E-state index in [-0.39, 0.29) is 6.04 Å². The Hall–Kier alpha value is -1.81. The fourth-order valence-corrected chi connectivity index (χ4v) is 2.00. The van der Waals surface area contributed by atoms with Gasteiger partial charge in [0, 0.05) is 24.2 Å². The van der Waals surface area contributed by atoms with Gasteiger partial charge in [-0.15, -0.1) is 0 Å². The second-order valence-corrected chi connectivity index (χ2v) is 4.63. The lowest BCUT2D eigenvalue weighted by atomic mass is 10.1. The van der Waals surface area contributed by atoms with Gasteiger partial charge < -0.3 is 15.8 Å². The SMILES string of the molecule is CCC(N)CCNc1nccc2cc(OC)ccc12. The van der Waals surface area contributed by atoms with Gasteiger partial charge in [0.1, 0.15) is 11.6 Å². The van der Waals surface area contributed by atoms with Crippen LogP contribution in [0.3, 0.4) is 0 Å². The number of nitrogens with zero attached hydrogens (tertiary/aromatic N) is 1. The lowest BCUT2D eigenvalue weighted by Crippen LogP contribution is -2.22. The summed E-state index contributed by atoms with van der Waals surface area (Å²) in [6, 6.07) is 8.24. The monoisotopic (exact) mass is 259 g/mol. The Morgan fingerprint density at radius 1 is 1.37 bits per heavy atom. The number of hydrogen-bond acceptors (Lipinski definition) is 4. The van der Waals surface area contributed by atoms with Crippen molar-refractivity contribution in [3.8, 4) is 5.75 Å². The average Bonchev–Trinajstić information content (AvgIpc) is 2.46. The summed E-state index contributed by atoms with van der Waals surface area (Å²) in [6.07, 6.45) is 3.76. The molecule has 0 saturated carbocycles. The zero-order valence-corrected chi connectivity index (χ0v) is 11.5. The Labute approximate surface area is 114 Å². The van der Waals surface area contributed by atoms with Crippen molar-refractivity contribution >= 4 is 16.6 Å². The molecule has 1 aromatic carbocycles. The number of methoxy groups -OCH3 is 1. The molecule has 1 atom stereocenters. The number of nitrogens with two attached hydrogens (primary N) is 1. The van der Waals surface area contributed by atoms with Crippen LogP contribution in [0, 0.1) is 0 Å². The number of anilines is 1. The largest absolute Gasteiger partial charge is 0.497 e. The first-order valence-corrected chi connectivity index (χ1v) is 6.66. The molecule has 0 amide bonds. The topological polar surface area (TPSA) is 60.2 Å². The molecule has 0 saturated heterocycles. The molecule has 0 spiro atoms. The first-order valence-electron chi connectivity index (χ1n) is 6.66. The van der Waals surface area contributed by atoms with Gasteiger partial charge in [-0.3, -0.25) is 0 Å². The number of benzene rings is 1. The molecule has 3 N–H and O–H groups in total. The summed E-state index contributed by atoms with van der Waals surface area (Å²) >= 11 is 0. The van der Waals surface area contributed by atoms with E-state index in [1.807, 2.05) is 30.5 Å². The Kier molecular flexibility index (Phi) is 4.58. The van der Waals surface area contributed by atoms with Gasteiger partial charge in [-0.05, 0) is 42.5 Å². The highest BCUT2D eigenvalue weighted by Gasteiger charge is 2.04. The van der Waals surface area contributed by atoms with E-state index < -0.39 is 0 Å². The summed E-state index contributed by atoms with van der Waals surface area (Å²) in [5.41, 5.74) is 5.91. The molecule has 0 fully saturated rings. The van der Waals surface area contributed by atoms with Crippen LogP contribution in [0.1, 0.15) is 19.8 Å². The van der Waals surface area contributed by atoms with Crippen molar-refractivity contribution in [3.05, 3.63) is 30.5 Å². The van der Waals surface area contributed by atoms with Crippen LogP contribution >= 0.6 is 0 Å². The predicted octanol–water partition coefficient (Wildman–Crippen LogP) is 2.78. The summed E-state index contributed by atoms with van der Waals surface area (Å²) in [7, 11) is 1.67. The second kappa shape index (κ2) is 6.38. The highest BCUT2D eigenvalue weighted by molar-refractivity contribution is 5.92. The van der Waals surface area contributed by atoms with E-state index in [1.54, 1.807) is 7.11 Å². The van der Waals surface area contributed by atoms with E-state index in [4.69, 9.17) is 10.5 Å². The maximum atomic E-state index is 5.91. The highest BCUT2D eigenvalue weighted by atomic mass is 16.5. The summed E-state index contributed by atoms with van der Waals surface area (Å²) < 4.78 is 5.23. The number of nitrogens with one attached hydrogen (secondary N) is 1. The molecule has 0 aliphatic carbocycles. The standard InChI is InChI=1S/C15H21N3O/c1-3-12(16)7-9-18-15-14-5-4-13(19-2)10-11(14)6-8-17-15/h4-6,8,10,12H,3,7,9,16H2,1-2H3,(H,17,18). The molecular weight excluding hydrogens is 238 g/mol. The predicted molar refractivity (Wildman–Crippen MR) is 79.7 cm³/mol. The Bertz CT molecular complexity index is 542. The summed E-state index contributed by atoms with van der Waals surface area (Å²) in [5.74, 6) is 1.76. The first kappa shape index (κ1) is 13.6. The summed E-state index contributed by atoms with van der Waals surface area (Å²) in [5, 5.41) is 5.59. The number of pyridine rings is 1. The van der Waals surface area contributed by atoms with E-state index in [2.05, 4.69) is 17.2 Å². The van der Waals surface area contributed by atoms with Crippen LogP contribution in [-0.4, -0.2) is 24.7 Å².